The maximum Gasteiger partial charge on any atom is 0.438 e. The third-order valence-corrected chi connectivity index (χ3v) is 4.26. The molecule has 0 aromatic heterocycles. The predicted octanol–water partition coefficient (Wildman–Crippen LogP) is 4.34. The number of nitrogens with zero attached hydrogens (tertiary/aromatic N) is 2. The van der Waals surface area contributed by atoms with Crippen LogP contribution >= 0.6 is 15.9 Å². The summed E-state index contributed by atoms with van der Waals surface area (Å²) in [5.41, 5.74) is -3.12. The van der Waals surface area contributed by atoms with E-state index < -0.39 is 24.2 Å². The van der Waals surface area contributed by atoms with E-state index in [2.05, 4.69) is 21.0 Å². The molecule has 1 aromatic carbocycles. The summed E-state index contributed by atoms with van der Waals surface area (Å²) in [6, 6.07) is 5.95. The van der Waals surface area contributed by atoms with Gasteiger partial charge < -0.3 is 5.11 Å². The number of carbonyl (C=O) groups is 1. The second kappa shape index (κ2) is 6.84. The fourth-order valence-electron chi connectivity index (χ4n) is 2.39. The molecular formula is C16H18BrF3N2O2. The average Bonchev–Trinajstić information content (AvgIpc) is 2.82. The van der Waals surface area contributed by atoms with Crippen molar-refractivity contribution in [2.75, 3.05) is 0 Å². The second-order valence-electron chi connectivity index (χ2n) is 6.22. The van der Waals surface area contributed by atoms with Gasteiger partial charge in [-0.15, -0.1) is 0 Å². The summed E-state index contributed by atoms with van der Waals surface area (Å²) in [6.45, 7) is 3.88. The zero-order valence-corrected chi connectivity index (χ0v) is 14.9. The molecule has 0 radical (unpaired) electrons. The van der Waals surface area contributed by atoms with Gasteiger partial charge in [-0.25, -0.2) is 0 Å². The van der Waals surface area contributed by atoms with Gasteiger partial charge >= 0.3 is 6.18 Å². The first-order valence-electron chi connectivity index (χ1n) is 7.50. The summed E-state index contributed by atoms with van der Waals surface area (Å²) >= 11 is 3.17. The lowest BCUT2D eigenvalue weighted by molar-refractivity contribution is -0.297. The summed E-state index contributed by atoms with van der Waals surface area (Å²) in [5.74, 6) is -0.711. The number of halogens is 4. The SMILES string of the molecule is CC(C)CCC1=NN(C(=O)c2cccc(Br)c2)C(O)(C(F)(F)F)C1. The first-order chi connectivity index (χ1) is 11.0. The van der Waals surface area contributed by atoms with Crippen LogP contribution in [0.4, 0.5) is 13.2 Å². The molecule has 24 heavy (non-hydrogen) atoms. The molecule has 8 heteroatoms. The van der Waals surface area contributed by atoms with Gasteiger partial charge in [-0.2, -0.15) is 23.3 Å². The zero-order valence-electron chi connectivity index (χ0n) is 13.3. The van der Waals surface area contributed by atoms with Crippen LogP contribution in [-0.2, 0) is 0 Å². The molecule has 0 saturated heterocycles. The smallest absolute Gasteiger partial charge is 0.362 e. The van der Waals surface area contributed by atoms with E-state index in [9.17, 15) is 23.1 Å². The molecule has 1 heterocycles. The lowest BCUT2D eigenvalue weighted by Crippen LogP contribution is -2.56. The summed E-state index contributed by atoms with van der Waals surface area (Å²) < 4.78 is 40.7. The van der Waals surface area contributed by atoms with E-state index in [0.717, 1.165) is 0 Å². The van der Waals surface area contributed by atoms with Crippen LogP contribution in [0, 0.1) is 5.92 Å². The molecular weight excluding hydrogens is 389 g/mol. The normalized spacial score (nSPS) is 21.3. The first kappa shape index (κ1) is 18.9. The van der Waals surface area contributed by atoms with E-state index in [1.165, 1.54) is 18.2 Å². The Morgan fingerprint density at radius 2 is 2.12 bits per heavy atom. The van der Waals surface area contributed by atoms with E-state index >= 15 is 0 Å². The number of carbonyl (C=O) groups excluding carboxylic acids is 1. The molecule has 1 atom stereocenters. The topological polar surface area (TPSA) is 52.9 Å². The number of alkyl halides is 3. The molecule has 132 valence electrons. The van der Waals surface area contributed by atoms with E-state index in [0.29, 0.717) is 17.3 Å². The van der Waals surface area contributed by atoms with Crippen LogP contribution in [0.25, 0.3) is 0 Å². The minimum absolute atomic E-state index is 0.0147. The Bertz CT molecular complexity index is 661. The van der Waals surface area contributed by atoms with Crippen molar-refractivity contribution in [2.45, 2.75) is 45.0 Å². The van der Waals surface area contributed by atoms with Gasteiger partial charge in [-0.05, 0) is 37.0 Å². The molecule has 0 fully saturated rings. The van der Waals surface area contributed by atoms with E-state index in [1.54, 1.807) is 6.07 Å². The maximum atomic E-state index is 13.4. The quantitative estimate of drug-likeness (QED) is 0.808. The number of amides is 1. The molecule has 1 unspecified atom stereocenters. The minimum Gasteiger partial charge on any atom is -0.362 e. The summed E-state index contributed by atoms with van der Waals surface area (Å²) in [5, 5.41) is 14.1. The van der Waals surface area contributed by atoms with Crippen molar-refractivity contribution >= 4 is 27.5 Å². The Labute approximate surface area is 146 Å². The van der Waals surface area contributed by atoms with Crippen LogP contribution in [-0.4, -0.2) is 33.6 Å². The molecule has 0 saturated carbocycles. The fraction of sp³-hybridized carbons (Fsp3) is 0.500. The van der Waals surface area contributed by atoms with Crippen molar-refractivity contribution in [1.82, 2.24) is 5.01 Å². The number of benzene rings is 1. The molecule has 0 spiro atoms. The Hall–Kier alpha value is -1.41. The Kier molecular flexibility index (Phi) is 5.39. The Morgan fingerprint density at radius 3 is 2.67 bits per heavy atom. The van der Waals surface area contributed by atoms with Crippen molar-refractivity contribution < 1.29 is 23.1 Å². The van der Waals surface area contributed by atoms with Crippen molar-refractivity contribution in [1.29, 1.82) is 0 Å². The third-order valence-electron chi connectivity index (χ3n) is 3.77. The highest BCUT2D eigenvalue weighted by Gasteiger charge is 2.63. The van der Waals surface area contributed by atoms with E-state index in [1.807, 2.05) is 13.8 Å². The largest absolute Gasteiger partial charge is 0.438 e. The van der Waals surface area contributed by atoms with Gasteiger partial charge in [0.2, 0.25) is 0 Å². The molecule has 4 nitrogen and oxygen atoms in total. The lowest BCUT2D eigenvalue weighted by atomic mass is 9.99. The average molecular weight is 407 g/mol. The molecule has 0 bridgehead atoms. The van der Waals surface area contributed by atoms with E-state index in [4.69, 9.17) is 0 Å². The number of rotatable bonds is 4. The molecule has 1 N–H and O–H groups in total. The maximum absolute atomic E-state index is 13.4. The van der Waals surface area contributed by atoms with Crippen LogP contribution in [0.5, 0.6) is 0 Å². The molecule has 1 aromatic rings. The Balaban J connectivity index is 2.35. The second-order valence-corrected chi connectivity index (χ2v) is 7.13. The third kappa shape index (κ3) is 3.80. The van der Waals surface area contributed by atoms with Crippen molar-refractivity contribution in [3.63, 3.8) is 0 Å². The molecule has 1 amide bonds. The van der Waals surface area contributed by atoms with Gasteiger partial charge in [0.1, 0.15) is 0 Å². The molecule has 0 aliphatic carbocycles. The molecule has 1 aliphatic heterocycles. The summed E-state index contributed by atoms with van der Waals surface area (Å²) in [6.07, 6.45) is -4.79. The monoisotopic (exact) mass is 406 g/mol. The number of aliphatic hydroxyl groups is 1. The number of hydrogen-bond acceptors (Lipinski definition) is 3. The van der Waals surface area contributed by atoms with Gasteiger partial charge in [-0.3, -0.25) is 4.79 Å². The van der Waals surface area contributed by atoms with Crippen molar-refractivity contribution in [3.05, 3.63) is 34.3 Å². The Morgan fingerprint density at radius 1 is 1.46 bits per heavy atom. The minimum atomic E-state index is -5.00. The highest BCUT2D eigenvalue weighted by molar-refractivity contribution is 9.10. The highest BCUT2D eigenvalue weighted by Crippen LogP contribution is 2.41. The standard InChI is InChI=1S/C16H18BrF3N2O2/c1-10(2)6-7-13-9-15(24,16(18,19)20)22(21-13)14(23)11-4-3-5-12(17)8-11/h3-5,8,10,24H,6-7,9H2,1-2H3. The van der Waals surface area contributed by atoms with Gasteiger partial charge in [0.25, 0.3) is 11.6 Å². The summed E-state index contributed by atoms with van der Waals surface area (Å²) in [4.78, 5) is 12.5. The fourth-order valence-corrected chi connectivity index (χ4v) is 2.79. The first-order valence-corrected chi connectivity index (χ1v) is 8.29. The number of hydrazone groups is 1. The lowest BCUT2D eigenvalue weighted by Gasteiger charge is -2.32. The van der Waals surface area contributed by atoms with Gasteiger partial charge in [0, 0.05) is 22.2 Å². The van der Waals surface area contributed by atoms with Crippen molar-refractivity contribution in [3.8, 4) is 0 Å². The number of hydrogen-bond donors (Lipinski definition) is 1. The van der Waals surface area contributed by atoms with Gasteiger partial charge in [-0.1, -0.05) is 35.8 Å². The van der Waals surface area contributed by atoms with Gasteiger partial charge in [0.15, 0.2) is 0 Å². The van der Waals surface area contributed by atoms with Gasteiger partial charge in [0.05, 0.1) is 0 Å². The van der Waals surface area contributed by atoms with Crippen LogP contribution in [0.3, 0.4) is 0 Å². The van der Waals surface area contributed by atoms with Crippen LogP contribution in [0.15, 0.2) is 33.8 Å². The van der Waals surface area contributed by atoms with Crippen molar-refractivity contribution in [2.24, 2.45) is 11.0 Å². The van der Waals surface area contributed by atoms with Crippen LogP contribution in [0.2, 0.25) is 0 Å². The molecule has 1 aliphatic rings. The predicted molar refractivity (Wildman–Crippen MR) is 87.4 cm³/mol. The van der Waals surface area contributed by atoms with Crippen LogP contribution in [0.1, 0.15) is 43.5 Å². The van der Waals surface area contributed by atoms with Crippen LogP contribution < -0.4 is 0 Å². The summed E-state index contributed by atoms with van der Waals surface area (Å²) in [7, 11) is 0. The zero-order chi connectivity index (χ0) is 18.1. The van der Waals surface area contributed by atoms with E-state index in [-0.39, 0.29) is 22.2 Å². The molecule has 2 rings (SSSR count). The highest BCUT2D eigenvalue weighted by atomic mass is 79.9.